The van der Waals surface area contributed by atoms with E-state index < -0.39 is 0 Å². The molecule has 0 bridgehead atoms. The van der Waals surface area contributed by atoms with Gasteiger partial charge < -0.3 is 14.6 Å². The summed E-state index contributed by atoms with van der Waals surface area (Å²) in [4.78, 5) is 12.3. The van der Waals surface area contributed by atoms with Gasteiger partial charge in [-0.2, -0.15) is 0 Å². The predicted octanol–water partition coefficient (Wildman–Crippen LogP) is 4.63. The number of Topliss-reactive ketones (excluding diaryl/α,β-unsaturated/α-hetero) is 1. The number of carbonyl (C=O) groups is 1. The van der Waals surface area contributed by atoms with E-state index >= 15 is 0 Å². The molecular weight excluding hydrogens is 364 g/mol. The number of aliphatic hydroxyl groups excluding tert-OH is 1. The molecule has 4 heteroatoms. The topological polar surface area (TPSA) is 55.8 Å². The molecule has 4 saturated carbocycles. The summed E-state index contributed by atoms with van der Waals surface area (Å²) in [7, 11) is 0. The molecule has 0 radical (unpaired) electrons. The van der Waals surface area contributed by atoms with Gasteiger partial charge >= 0.3 is 0 Å². The summed E-state index contributed by atoms with van der Waals surface area (Å²) in [5.41, 5.74) is 0.733. The molecule has 0 aliphatic heterocycles. The lowest BCUT2D eigenvalue weighted by Gasteiger charge is -2.61. The molecule has 0 unspecified atom stereocenters. The summed E-state index contributed by atoms with van der Waals surface area (Å²) < 4.78 is 11.5. The second kappa shape index (κ2) is 8.59. The quantitative estimate of drug-likeness (QED) is 0.626. The average molecular weight is 407 g/mol. The van der Waals surface area contributed by atoms with Crippen LogP contribution in [0.3, 0.4) is 0 Å². The smallest absolute Gasteiger partial charge is 0.133 e. The Kier molecular flexibility index (Phi) is 6.45. The SMILES string of the molecule is CC(=O)[C@H]1CC[C@H]2[C@@H]3CC[C@H]4C[C@@H](OCCOCCO)CC[C@]4(C)[C@H]3CC[C@]12C. The molecule has 0 spiro atoms. The highest BCUT2D eigenvalue weighted by Gasteiger charge is 2.60. The maximum atomic E-state index is 12.3. The van der Waals surface area contributed by atoms with Crippen LogP contribution in [0.2, 0.25) is 0 Å². The Balaban J connectivity index is 1.38. The molecule has 166 valence electrons. The summed E-state index contributed by atoms with van der Waals surface area (Å²) in [5, 5.41) is 8.80. The fourth-order valence-corrected chi connectivity index (χ4v) is 8.48. The van der Waals surface area contributed by atoms with Crippen LogP contribution in [0, 0.1) is 40.4 Å². The highest BCUT2D eigenvalue weighted by molar-refractivity contribution is 5.79. The van der Waals surface area contributed by atoms with Gasteiger partial charge in [-0.1, -0.05) is 13.8 Å². The predicted molar refractivity (Wildman–Crippen MR) is 114 cm³/mol. The van der Waals surface area contributed by atoms with E-state index in [0.29, 0.717) is 43.0 Å². The number of carbonyl (C=O) groups excluding carboxylic acids is 1. The second-order valence-corrected chi connectivity index (χ2v) is 11.0. The Bertz CT molecular complexity index is 591. The molecule has 0 aromatic heterocycles. The molecule has 4 nitrogen and oxygen atoms in total. The van der Waals surface area contributed by atoms with E-state index in [-0.39, 0.29) is 12.0 Å². The Morgan fingerprint density at radius 2 is 1.69 bits per heavy atom. The van der Waals surface area contributed by atoms with Crippen LogP contribution in [0.5, 0.6) is 0 Å². The van der Waals surface area contributed by atoms with Crippen molar-refractivity contribution in [3.05, 3.63) is 0 Å². The fourth-order valence-electron chi connectivity index (χ4n) is 8.48. The molecule has 0 aromatic rings. The first kappa shape index (κ1) is 21.8. The standard InChI is InChI=1S/C25H42O4/c1-17(27)21-6-7-22-20-5-4-18-16-19(29-15-14-28-13-12-26)8-10-24(18,2)23(20)9-11-25(21,22)3/h18-23,26H,4-16H2,1-3H3/t18-,19-,20-,21+,22-,23-,24-,25+/m0/s1. The largest absolute Gasteiger partial charge is 0.394 e. The minimum Gasteiger partial charge on any atom is -0.394 e. The molecule has 0 aromatic carbocycles. The monoisotopic (exact) mass is 406 g/mol. The molecular formula is C25H42O4. The second-order valence-electron chi connectivity index (χ2n) is 11.0. The molecule has 8 atom stereocenters. The van der Waals surface area contributed by atoms with E-state index in [1.54, 1.807) is 0 Å². The first-order chi connectivity index (χ1) is 13.9. The molecule has 0 heterocycles. The minimum absolute atomic E-state index is 0.0830. The van der Waals surface area contributed by atoms with Gasteiger partial charge in [0.05, 0.1) is 32.5 Å². The molecule has 0 saturated heterocycles. The Hall–Kier alpha value is -0.450. The van der Waals surface area contributed by atoms with Crippen molar-refractivity contribution in [1.29, 1.82) is 0 Å². The third kappa shape index (κ3) is 3.83. The van der Waals surface area contributed by atoms with Gasteiger partial charge in [0.25, 0.3) is 0 Å². The zero-order chi connectivity index (χ0) is 20.6. The van der Waals surface area contributed by atoms with Crippen LogP contribution < -0.4 is 0 Å². The fraction of sp³-hybridized carbons (Fsp3) is 0.960. The van der Waals surface area contributed by atoms with E-state index in [1.165, 1.54) is 51.4 Å². The summed E-state index contributed by atoms with van der Waals surface area (Å²) in [6.07, 6.45) is 11.8. The minimum atomic E-state index is 0.0830. The number of ketones is 1. The zero-order valence-corrected chi connectivity index (χ0v) is 18.8. The van der Waals surface area contributed by atoms with Gasteiger partial charge in [0.1, 0.15) is 5.78 Å². The van der Waals surface area contributed by atoms with E-state index in [9.17, 15) is 4.79 Å². The van der Waals surface area contributed by atoms with Gasteiger partial charge in [-0.25, -0.2) is 0 Å². The van der Waals surface area contributed by atoms with Gasteiger partial charge in [0.2, 0.25) is 0 Å². The van der Waals surface area contributed by atoms with Crippen LogP contribution in [0.25, 0.3) is 0 Å². The van der Waals surface area contributed by atoms with Crippen molar-refractivity contribution in [3.63, 3.8) is 0 Å². The van der Waals surface area contributed by atoms with Crippen molar-refractivity contribution >= 4 is 5.78 Å². The van der Waals surface area contributed by atoms with Crippen LogP contribution in [-0.2, 0) is 14.3 Å². The van der Waals surface area contributed by atoms with Crippen molar-refractivity contribution in [2.75, 3.05) is 26.4 Å². The Labute approximate surface area is 177 Å². The maximum absolute atomic E-state index is 12.3. The molecule has 0 amide bonds. The van der Waals surface area contributed by atoms with Crippen LogP contribution in [0.15, 0.2) is 0 Å². The number of rotatable bonds is 7. The molecule has 4 aliphatic rings. The van der Waals surface area contributed by atoms with E-state index in [0.717, 1.165) is 30.1 Å². The van der Waals surface area contributed by atoms with Crippen molar-refractivity contribution in [2.45, 2.75) is 84.7 Å². The molecule has 4 rings (SSSR count). The van der Waals surface area contributed by atoms with Crippen molar-refractivity contribution in [2.24, 2.45) is 40.4 Å². The normalized spacial score (nSPS) is 46.6. The average Bonchev–Trinajstić information content (AvgIpc) is 3.05. The highest BCUT2D eigenvalue weighted by Crippen LogP contribution is 2.67. The van der Waals surface area contributed by atoms with Gasteiger partial charge in [-0.3, -0.25) is 4.79 Å². The summed E-state index contributed by atoms with van der Waals surface area (Å²) in [5.74, 6) is 3.99. The number of hydrogen-bond acceptors (Lipinski definition) is 4. The lowest BCUT2D eigenvalue weighted by Crippen LogP contribution is -2.54. The van der Waals surface area contributed by atoms with Crippen LogP contribution in [0.4, 0.5) is 0 Å². The van der Waals surface area contributed by atoms with Crippen molar-refractivity contribution in [1.82, 2.24) is 0 Å². The van der Waals surface area contributed by atoms with E-state index in [1.807, 2.05) is 6.92 Å². The zero-order valence-electron chi connectivity index (χ0n) is 18.8. The molecule has 1 N–H and O–H groups in total. The van der Waals surface area contributed by atoms with Crippen molar-refractivity contribution < 1.29 is 19.4 Å². The molecule has 4 fully saturated rings. The Morgan fingerprint density at radius 3 is 2.45 bits per heavy atom. The van der Waals surface area contributed by atoms with E-state index in [4.69, 9.17) is 14.6 Å². The maximum Gasteiger partial charge on any atom is 0.133 e. The van der Waals surface area contributed by atoms with Crippen LogP contribution >= 0.6 is 0 Å². The van der Waals surface area contributed by atoms with Gasteiger partial charge in [0, 0.05) is 5.92 Å². The van der Waals surface area contributed by atoms with Crippen LogP contribution in [0.1, 0.15) is 78.6 Å². The lowest BCUT2D eigenvalue weighted by molar-refractivity contribution is -0.143. The van der Waals surface area contributed by atoms with Gasteiger partial charge in [-0.05, 0) is 99.2 Å². The molecule has 29 heavy (non-hydrogen) atoms. The van der Waals surface area contributed by atoms with Crippen LogP contribution in [-0.4, -0.2) is 43.4 Å². The third-order valence-corrected chi connectivity index (χ3v) is 9.93. The van der Waals surface area contributed by atoms with Crippen molar-refractivity contribution in [3.8, 4) is 0 Å². The summed E-state index contributed by atoms with van der Waals surface area (Å²) in [6, 6.07) is 0. The summed E-state index contributed by atoms with van der Waals surface area (Å²) >= 11 is 0. The first-order valence-electron chi connectivity index (χ1n) is 12.2. The first-order valence-corrected chi connectivity index (χ1v) is 12.2. The third-order valence-electron chi connectivity index (χ3n) is 9.93. The lowest BCUT2D eigenvalue weighted by atomic mass is 9.44. The summed E-state index contributed by atoms with van der Waals surface area (Å²) in [6.45, 7) is 8.59. The number of hydrogen-bond donors (Lipinski definition) is 1. The number of ether oxygens (including phenoxy) is 2. The van der Waals surface area contributed by atoms with Gasteiger partial charge in [-0.15, -0.1) is 0 Å². The molecule has 4 aliphatic carbocycles. The Morgan fingerprint density at radius 1 is 0.931 bits per heavy atom. The number of aliphatic hydroxyl groups is 1. The van der Waals surface area contributed by atoms with Gasteiger partial charge in [0.15, 0.2) is 0 Å². The highest BCUT2D eigenvalue weighted by atomic mass is 16.5. The number of fused-ring (bicyclic) bond motifs is 5. The van der Waals surface area contributed by atoms with E-state index in [2.05, 4.69) is 13.8 Å².